The zero-order chi connectivity index (χ0) is 17.6. The Morgan fingerprint density at radius 2 is 1.92 bits per heavy atom. The number of carbonyl (C=O) groups excluding carboxylic acids is 1. The van der Waals surface area contributed by atoms with Gasteiger partial charge in [-0.15, -0.1) is 0 Å². The van der Waals surface area contributed by atoms with Gasteiger partial charge in [0.25, 0.3) is 0 Å². The summed E-state index contributed by atoms with van der Waals surface area (Å²) in [4.78, 5) is 18.9. The van der Waals surface area contributed by atoms with Crippen LogP contribution in [0, 0.1) is 6.92 Å². The molecule has 0 bridgehead atoms. The highest BCUT2D eigenvalue weighted by atomic mass is 16.3. The monoisotopic (exact) mass is 337 g/mol. The van der Waals surface area contributed by atoms with Crippen LogP contribution in [-0.2, 0) is 17.8 Å². The molecule has 1 N–H and O–H groups in total. The maximum Gasteiger partial charge on any atom is 0.223 e. The number of hydrogen-bond acceptors (Lipinski definition) is 3. The molecule has 5 heteroatoms. The Balaban J connectivity index is 1.69. The quantitative estimate of drug-likeness (QED) is 0.721. The molecule has 0 aliphatic heterocycles. The van der Waals surface area contributed by atoms with Crippen molar-refractivity contribution in [2.75, 3.05) is 13.2 Å². The maximum atomic E-state index is 12.7. The first kappa shape index (κ1) is 17.2. The summed E-state index contributed by atoms with van der Waals surface area (Å²) in [5.41, 5.74) is 3.98. The van der Waals surface area contributed by atoms with Crippen molar-refractivity contribution >= 4 is 11.6 Å². The number of aliphatic hydroxyl groups excluding tert-OH is 1. The van der Waals surface area contributed by atoms with Crippen LogP contribution < -0.4 is 0 Å². The van der Waals surface area contributed by atoms with Gasteiger partial charge in [0.15, 0.2) is 0 Å². The van der Waals surface area contributed by atoms with Gasteiger partial charge in [0.05, 0.1) is 12.3 Å². The van der Waals surface area contributed by atoms with E-state index >= 15 is 0 Å². The van der Waals surface area contributed by atoms with Gasteiger partial charge in [0.2, 0.25) is 5.91 Å². The van der Waals surface area contributed by atoms with Gasteiger partial charge in [0, 0.05) is 31.4 Å². The summed E-state index contributed by atoms with van der Waals surface area (Å²) in [5.74, 6) is 0.0446. The van der Waals surface area contributed by atoms with Crippen LogP contribution in [-0.4, -0.2) is 38.4 Å². The fourth-order valence-corrected chi connectivity index (χ4v) is 3.07. The lowest BCUT2D eigenvalue weighted by atomic mass is 10.1. The standard InChI is InChI=1S/C20H23N3O2/c1-16-18(23-12-6-5-9-19(23)21-16)10-11-20(25)22(13-14-24)15-17-7-3-2-4-8-17/h2-9,12,24H,10-11,13-15H2,1H3. The highest BCUT2D eigenvalue weighted by Gasteiger charge is 2.16. The Labute approximate surface area is 147 Å². The van der Waals surface area contributed by atoms with E-state index < -0.39 is 0 Å². The van der Waals surface area contributed by atoms with Crippen LogP contribution in [0.15, 0.2) is 54.7 Å². The Bertz CT molecular complexity index is 843. The van der Waals surface area contributed by atoms with E-state index in [0.29, 0.717) is 25.9 Å². The van der Waals surface area contributed by atoms with Crippen molar-refractivity contribution in [1.82, 2.24) is 14.3 Å². The van der Waals surface area contributed by atoms with E-state index in [9.17, 15) is 9.90 Å². The molecule has 0 saturated heterocycles. The number of rotatable bonds is 7. The molecule has 0 saturated carbocycles. The van der Waals surface area contributed by atoms with Gasteiger partial charge < -0.3 is 14.4 Å². The van der Waals surface area contributed by atoms with Crippen molar-refractivity contribution in [2.45, 2.75) is 26.3 Å². The smallest absolute Gasteiger partial charge is 0.223 e. The molecule has 25 heavy (non-hydrogen) atoms. The van der Waals surface area contributed by atoms with E-state index in [-0.39, 0.29) is 12.5 Å². The SMILES string of the molecule is Cc1nc2ccccn2c1CCC(=O)N(CCO)Cc1ccccc1. The van der Waals surface area contributed by atoms with Gasteiger partial charge in [-0.05, 0) is 31.0 Å². The molecule has 0 radical (unpaired) electrons. The molecular formula is C20H23N3O2. The van der Waals surface area contributed by atoms with E-state index in [0.717, 1.165) is 22.6 Å². The van der Waals surface area contributed by atoms with E-state index in [1.165, 1.54) is 0 Å². The molecule has 3 aromatic rings. The van der Waals surface area contributed by atoms with Crippen molar-refractivity contribution in [3.8, 4) is 0 Å². The number of hydrogen-bond donors (Lipinski definition) is 1. The number of nitrogens with zero attached hydrogens (tertiary/aromatic N) is 3. The van der Waals surface area contributed by atoms with Gasteiger partial charge in [-0.2, -0.15) is 0 Å². The van der Waals surface area contributed by atoms with Gasteiger partial charge in [-0.25, -0.2) is 4.98 Å². The van der Waals surface area contributed by atoms with Crippen LogP contribution in [0.4, 0.5) is 0 Å². The number of pyridine rings is 1. The molecule has 3 rings (SSSR count). The fourth-order valence-electron chi connectivity index (χ4n) is 3.07. The first-order valence-corrected chi connectivity index (χ1v) is 8.54. The number of carbonyl (C=O) groups is 1. The Hall–Kier alpha value is -2.66. The molecule has 2 aromatic heterocycles. The minimum atomic E-state index is -0.0345. The largest absolute Gasteiger partial charge is 0.395 e. The zero-order valence-electron chi connectivity index (χ0n) is 14.4. The van der Waals surface area contributed by atoms with Gasteiger partial charge in [-0.1, -0.05) is 36.4 Å². The summed E-state index contributed by atoms with van der Waals surface area (Å²) >= 11 is 0. The molecule has 0 aliphatic carbocycles. The molecule has 130 valence electrons. The third-order valence-electron chi connectivity index (χ3n) is 4.34. The summed E-state index contributed by atoms with van der Waals surface area (Å²) in [5, 5.41) is 9.29. The van der Waals surface area contributed by atoms with Crippen LogP contribution in [0.1, 0.15) is 23.4 Å². The van der Waals surface area contributed by atoms with Crippen LogP contribution in [0.25, 0.3) is 5.65 Å². The Morgan fingerprint density at radius 1 is 1.16 bits per heavy atom. The summed E-state index contributed by atoms with van der Waals surface area (Å²) in [7, 11) is 0. The van der Waals surface area contributed by atoms with Gasteiger partial charge in [-0.3, -0.25) is 4.79 Å². The van der Waals surface area contributed by atoms with Crippen LogP contribution in [0.2, 0.25) is 0 Å². The number of imidazole rings is 1. The van der Waals surface area contributed by atoms with Crippen molar-refractivity contribution in [3.05, 3.63) is 71.7 Å². The summed E-state index contributed by atoms with van der Waals surface area (Å²) in [6, 6.07) is 15.7. The third kappa shape index (κ3) is 4.06. The van der Waals surface area contributed by atoms with Gasteiger partial charge in [0.1, 0.15) is 5.65 Å². The predicted molar refractivity (Wildman–Crippen MR) is 97.2 cm³/mol. The van der Waals surface area contributed by atoms with Crippen molar-refractivity contribution < 1.29 is 9.90 Å². The first-order valence-electron chi connectivity index (χ1n) is 8.54. The first-order chi connectivity index (χ1) is 12.2. The number of aromatic nitrogens is 2. The van der Waals surface area contributed by atoms with E-state index in [4.69, 9.17) is 0 Å². The van der Waals surface area contributed by atoms with Crippen molar-refractivity contribution in [3.63, 3.8) is 0 Å². The molecule has 0 fully saturated rings. The van der Waals surface area contributed by atoms with Crippen molar-refractivity contribution in [2.24, 2.45) is 0 Å². The van der Waals surface area contributed by atoms with E-state index in [1.807, 2.05) is 66.1 Å². The molecule has 1 aromatic carbocycles. The molecule has 1 amide bonds. The molecular weight excluding hydrogens is 314 g/mol. The lowest BCUT2D eigenvalue weighted by Crippen LogP contribution is -2.33. The van der Waals surface area contributed by atoms with Crippen molar-refractivity contribution in [1.29, 1.82) is 0 Å². The predicted octanol–water partition coefficient (Wildman–Crippen LogP) is 2.60. The Kier molecular flexibility index (Phi) is 5.46. The molecule has 5 nitrogen and oxygen atoms in total. The number of benzene rings is 1. The van der Waals surface area contributed by atoms with Crippen LogP contribution >= 0.6 is 0 Å². The summed E-state index contributed by atoms with van der Waals surface area (Å²) in [6.45, 7) is 2.81. The van der Waals surface area contributed by atoms with E-state index in [1.54, 1.807) is 4.90 Å². The molecule has 0 atom stereocenters. The number of amides is 1. The Morgan fingerprint density at radius 3 is 2.68 bits per heavy atom. The number of fused-ring (bicyclic) bond motifs is 1. The fraction of sp³-hybridized carbons (Fsp3) is 0.300. The topological polar surface area (TPSA) is 57.8 Å². The maximum absolute atomic E-state index is 12.7. The minimum Gasteiger partial charge on any atom is -0.395 e. The lowest BCUT2D eigenvalue weighted by molar-refractivity contribution is -0.132. The molecule has 0 spiro atoms. The third-order valence-corrected chi connectivity index (χ3v) is 4.34. The summed E-state index contributed by atoms with van der Waals surface area (Å²) in [6.07, 6.45) is 3.01. The molecule has 2 heterocycles. The second kappa shape index (κ2) is 7.94. The number of aryl methyl sites for hydroxylation is 2. The van der Waals surface area contributed by atoms with Gasteiger partial charge >= 0.3 is 0 Å². The zero-order valence-corrected chi connectivity index (χ0v) is 14.4. The summed E-state index contributed by atoms with van der Waals surface area (Å²) < 4.78 is 2.04. The lowest BCUT2D eigenvalue weighted by Gasteiger charge is -2.22. The van der Waals surface area contributed by atoms with Crippen LogP contribution in [0.3, 0.4) is 0 Å². The molecule has 0 unspecified atom stereocenters. The normalized spacial score (nSPS) is 11.0. The minimum absolute atomic E-state index is 0.0345. The number of aliphatic hydroxyl groups is 1. The average Bonchev–Trinajstić information content (AvgIpc) is 2.95. The second-order valence-electron chi connectivity index (χ2n) is 6.10. The highest BCUT2D eigenvalue weighted by Crippen LogP contribution is 2.15. The second-order valence-corrected chi connectivity index (χ2v) is 6.10. The van der Waals surface area contributed by atoms with E-state index in [2.05, 4.69) is 4.98 Å². The van der Waals surface area contributed by atoms with Crippen LogP contribution in [0.5, 0.6) is 0 Å². The average molecular weight is 337 g/mol. The highest BCUT2D eigenvalue weighted by molar-refractivity contribution is 5.76. The molecule has 0 aliphatic rings.